The second kappa shape index (κ2) is 7.28. The van der Waals surface area contributed by atoms with Crippen molar-refractivity contribution in [3.05, 3.63) is 29.6 Å². The number of benzene rings is 1. The molecule has 0 amide bonds. The SMILES string of the molecule is CCCN(CC)c1c(F)cccc1CNCC. The molecule has 0 fully saturated rings. The van der Waals surface area contributed by atoms with E-state index in [4.69, 9.17) is 0 Å². The van der Waals surface area contributed by atoms with Crippen LogP contribution in [0.3, 0.4) is 0 Å². The van der Waals surface area contributed by atoms with Crippen molar-refractivity contribution in [3.63, 3.8) is 0 Å². The highest BCUT2D eigenvalue weighted by atomic mass is 19.1. The molecule has 0 aliphatic rings. The molecule has 1 N–H and O–H groups in total. The summed E-state index contributed by atoms with van der Waals surface area (Å²) >= 11 is 0. The van der Waals surface area contributed by atoms with Gasteiger partial charge in [-0.3, -0.25) is 0 Å². The predicted octanol–water partition coefficient (Wildman–Crippen LogP) is 3.17. The van der Waals surface area contributed by atoms with E-state index in [2.05, 4.69) is 31.0 Å². The van der Waals surface area contributed by atoms with E-state index in [-0.39, 0.29) is 5.82 Å². The number of anilines is 1. The first-order chi connectivity index (χ1) is 8.24. The van der Waals surface area contributed by atoms with Gasteiger partial charge in [-0.2, -0.15) is 0 Å². The molecule has 2 nitrogen and oxygen atoms in total. The fraction of sp³-hybridized carbons (Fsp3) is 0.571. The summed E-state index contributed by atoms with van der Waals surface area (Å²) in [5.74, 6) is -0.115. The summed E-state index contributed by atoms with van der Waals surface area (Å²) in [6.45, 7) is 9.61. The highest BCUT2D eigenvalue weighted by Crippen LogP contribution is 2.24. The molecule has 0 bridgehead atoms. The maximum atomic E-state index is 14.0. The summed E-state index contributed by atoms with van der Waals surface area (Å²) < 4.78 is 14.0. The van der Waals surface area contributed by atoms with Gasteiger partial charge in [-0.15, -0.1) is 0 Å². The van der Waals surface area contributed by atoms with Crippen molar-refractivity contribution in [3.8, 4) is 0 Å². The molecule has 0 saturated carbocycles. The molecule has 3 heteroatoms. The summed E-state index contributed by atoms with van der Waals surface area (Å²) in [4.78, 5) is 2.11. The first-order valence-electron chi connectivity index (χ1n) is 6.47. The van der Waals surface area contributed by atoms with Crippen LogP contribution in [0.1, 0.15) is 32.8 Å². The zero-order chi connectivity index (χ0) is 12.7. The summed E-state index contributed by atoms with van der Waals surface area (Å²) in [6, 6.07) is 5.33. The number of rotatable bonds is 7. The van der Waals surface area contributed by atoms with Gasteiger partial charge in [0.25, 0.3) is 0 Å². The Bertz CT molecular complexity index is 339. The first kappa shape index (κ1) is 14.0. The molecule has 0 spiro atoms. The summed E-state index contributed by atoms with van der Waals surface area (Å²) in [7, 11) is 0. The smallest absolute Gasteiger partial charge is 0.146 e. The Morgan fingerprint density at radius 1 is 1.24 bits per heavy atom. The fourth-order valence-electron chi connectivity index (χ4n) is 2.01. The Morgan fingerprint density at radius 3 is 2.59 bits per heavy atom. The van der Waals surface area contributed by atoms with Crippen LogP contribution in [-0.4, -0.2) is 19.6 Å². The molecule has 0 radical (unpaired) electrons. The quantitative estimate of drug-likeness (QED) is 0.785. The first-order valence-corrected chi connectivity index (χ1v) is 6.47. The van der Waals surface area contributed by atoms with E-state index in [1.165, 1.54) is 0 Å². The largest absolute Gasteiger partial charge is 0.369 e. The monoisotopic (exact) mass is 238 g/mol. The van der Waals surface area contributed by atoms with Crippen LogP contribution >= 0.6 is 0 Å². The molecule has 1 aromatic carbocycles. The van der Waals surface area contributed by atoms with Gasteiger partial charge in [-0.1, -0.05) is 26.0 Å². The van der Waals surface area contributed by atoms with E-state index < -0.39 is 0 Å². The molecule has 0 aromatic heterocycles. The second-order valence-corrected chi connectivity index (χ2v) is 4.11. The highest BCUT2D eigenvalue weighted by molar-refractivity contribution is 5.54. The van der Waals surface area contributed by atoms with Crippen molar-refractivity contribution < 1.29 is 4.39 Å². The Labute approximate surface area is 104 Å². The van der Waals surface area contributed by atoms with Crippen LogP contribution in [-0.2, 0) is 6.54 Å². The molecule has 96 valence electrons. The van der Waals surface area contributed by atoms with E-state index in [1.54, 1.807) is 12.1 Å². The van der Waals surface area contributed by atoms with Crippen molar-refractivity contribution in [2.75, 3.05) is 24.5 Å². The van der Waals surface area contributed by atoms with Gasteiger partial charge in [-0.05, 0) is 31.5 Å². The van der Waals surface area contributed by atoms with E-state index in [0.717, 1.165) is 43.9 Å². The van der Waals surface area contributed by atoms with Crippen molar-refractivity contribution in [1.82, 2.24) is 5.32 Å². The van der Waals surface area contributed by atoms with Gasteiger partial charge in [0.1, 0.15) is 5.82 Å². The van der Waals surface area contributed by atoms with Crippen LogP contribution in [0.5, 0.6) is 0 Å². The molecule has 1 rings (SSSR count). The van der Waals surface area contributed by atoms with Crippen LogP contribution in [0.15, 0.2) is 18.2 Å². The lowest BCUT2D eigenvalue weighted by molar-refractivity contribution is 0.610. The zero-order valence-corrected chi connectivity index (χ0v) is 11.1. The minimum Gasteiger partial charge on any atom is -0.369 e. The van der Waals surface area contributed by atoms with Crippen LogP contribution in [0.2, 0.25) is 0 Å². The fourth-order valence-corrected chi connectivity index (χ4v) is 2.01. The molecule has 0 aliphatic heterocycles. The molecule has 17 heavy (non-hydrogen) atoms. The Kier molecular flexibility index (Phi) is 5.98. The van der Waals surface area contributed by atoms with Crippen molar-refractivity contribution in [1.29, 1.82) is 0 Å². The maximum absolute atomic E-state index is 14.0. The standard InChI is InChI=1S/C14H23FN2/c1-4-10-17(6-3)14-12(11-16-5-2)8-7-9-13(14)15/h7-9,16H,4-6,10-11H2,1-3H3. The van der Waals surface area contributed by atoms with Gasteiger partial charge >= 0.3 is 0 Å². The molecular formula is C14H23FN2. The minimum atomic E-state index is -0.115. The van der Waals surface area contributed by atoms with Crippen molar-refractivity contribution >= 4 is 5.69 Å². The van der Waals surface area contributed by atoms with Gasteiger partial charge in [0.05, 0.1) is 5.69 Å². The Hall–Kier alpha value is -1.09. The number of nitrogens with zero attached hydrogens (tertiary/aromatic N) is 1. The summed E-state index contributed by atoms with van der Waals surface area (Å²) in [5.41, 5.74) is 1.81. The molecule has 1 aromatic rings. The minimum absolute atomic E-state index is 0.115. The molecule has 0 unspecified atom stereocenters. The van der Waals surface area contributed by atoms with Gasteiger partial charge in [0, 0.05) is 19.6 Å². The lowest BCUT2D eigenvalue weighted by Crippen LogP contribution is -2.27. The van der Waals surface area contributed by atoms with Gasteiger partial charge < -0.3 is 10.2 Å². The van der Waals surface area contributed by atoms with Gasteiger partial charge in [0.2, 0.25) is 0 Å². The maximum Gasteiger partial charge on any atom is 0.146 e. The molecular weight excluding hydrogens is 215 g/mol. The van der Waals surface area contributed by atoms with Crippen LogP contribution in [0.25, 0.3) is 0 Å². The number of hydrogen-bond donors (Lipinski definition) is 1. The number of para-hydroxylation sites is 1. The number of nitrogens with one attached hydrogen (secondary N) is 1. The second-order valence-electron chi connectivity index (χ2n) is 4.11. The highest BCUT2D eigenvalue weighted by Gasteiger charge is 2.13. The van der Waals surface area contributed by atoms with Gasteiger partial charge in [-0.25, -0.2) is 4.39 Å². The average molecular weight is 238 g/mol. The van der Waals surface area contributed by atoms with Crippen molar-refractivity contribution in [2.24, 2.45) is 0 Å². The van der Waals surface area contributed by atoms with E-state index in [1.807, 2.05) is 6.07 Å². The third kappa shape index (κ3) is 3.70. The van der Waals surface area contributed by atoms with Crippen LogP contribution in [0.4, 0.5) is 10.1 Å². The molecule has 0 atom stereocenters. The predicted molar refractivity (Wildman–Crippen MR) is 72.0 cm³/mol. The summed E-state index contributed by atoms with van der Waals surface area (Å²) in [5, 5.41) is 3.26. The summed E-state index contributed by atoms with van der Waals surface area (Å²) in [6.07, 6.45) is 1.03. The van der Waals surface area contributed by atoms with Crippen LogP contribution in [0, 0.1) is 5.82 Å². The normalized spacial score (nSPS) is 10.6. The van der Waals surface area contributed by atoms with Gasteiger partial charge in [0.15, 0.2) is 0 Å². The van der Waals surface area contributed by atoms with E-state index in [9.17, 15) is 4.39 Å². The molecule has 0 aliphatic carbocycles. The van der Waals surface area contributed by atoms with E-state index in [0.29, 0.717) is 0 Å². The third-order valence-corrected chi connectivity index (χ3v) is 2.83. The number of hydrogen-bond acceptors (Lipinski definition) is 2. The third-order valence-electron chi connectivity index (χ3n) is 2.83. The van der Waals surface area contributed by atoms with E-state index >= 15 is 0 Å². The topological polar surface area (TPSA) is 15.3 Å². The zero-order valence-electron chi connectivity index (χ0n) is 11.1. The molecule has 0 saturated heterocycles. The lowest BCUT2D eigenvalue weighted by Gasteiger charge is -2.26. The lowest BCUT2D eigenvalue weighted by atomic mass is 10.1. The molecule has 0 heterocycles. The average Bonchev–Trinajstić information content (AvgIpc) is 2.34. The van der Waals surface area contributed by atoms with Crippen LogP contribution < -0.4 is 10.2 Å². The van der Waals surface area contributed by atoms with Crippen molar-refractivity contribution in [2.45, 2.75) is 33.7 Å². The number of halogens is 1. The Balaban J connectivity index is 3.00. The Morgan fingerprint density at radius 2 is 2.00 bits per heavy atom.